The van der Waals surface area contributed by atoms with Crippen LogP contribution in [0.5, 0.6) is 0 Å². The molecule has 0 spiro atoms. The number of nitriles is 1. The first-order valence-electron chi connectivity index (χ1n) is 3.56. The van der Waals surface area contributed by atoms with Gasteiger partial charge >= 0.3 is 0 Å². The summed E-state index contributed by atoms with van der Waals surface area (Å²) in [4.78, 5) is 9.98. The second kappa shape index (κ2) is 3.54. The molecule has 0 bridgehead atoms. The lowest BCUT2D eigenvalue weighted by Crippen LogP contribution is -1.98. The number of hydrogen-bond acceptors (Lipinski definition) is 4. The lowest BCUT2D eigenvalue weighted by Gasteiger charge is -2.02. The highest BCUT2D eigenvalue weighted by atomic mass is 16.6. The molecule has 0 saturated heterocycles. The van der Waals surface area contributed by atoms with Gasteiger partial charge in [0.1, 0.15) is 11.8 Å². The van der Waals surface area contributed by atoms with Crippen LogP contribution in [0.25, 0.3) is 0 Å². The third-order valence-electron chi connectivity index (χ3n) is 1.61. The van der Waals surface area contributed by atoms with Crippen LogP contribution in [0.2, 0.25) is 0 Å². The quantitative estimate of drug-likeness (QED) is 0.548. The van der Waals surface area contributed by atoms with Crippen molar-refractivity contribution in [3.63, 3.8) is 0 Å². The fourth-order valence-electron chi connectivity index (χ4n) is 1.05. The van der Waals surface area contributed by atoms with Gasteiger partial charge in [0.2, 0.25) is 0 Å². The van der Waals surface area contributed by atoms with Gasteiger partial charge in [-0.1, -0.05) is 6.07 Å². The molecule has 1 aromatic carbocycles. The molecule has 0 saturated carbocycles. The van der Waals surface area contributed by atoms with Crippen molar-refractivity contribution >= 4 is 11.4 Å². The molecule has 0 amide bonds. The Morgan fingerprint density at radius 2 is 2.31 bits per heavy atom. The zero-order valence-corrected chi connectivity index (χ0v) is 6.94. The number of para-hydroxylation sites is 1. The normalized spacial score (nSPS) is 8.92. The third kappa shape index (κ3) is 1.56. The van der Waals surface area contributed by atoms with E-state index < -0.39 is 4.92 Å². The highest BCUT2D eigenvalue weighted by molar-refractivity contribution is 5.69. The van der Waals surface area contributed by atoms with E-state index in [1.54, 1.807) is 7.05 Å². The van der Waals surface area contributed by atoms with E-state index in [0.717, 1.165) is 0 Å². The van der Waals surface area contributed by atoms with Crippen LogP contribution in [0.4, 0.5) is 11.4 Å². The largest absolute Gasteiger partial charge is 0.381 e. The van der Waals surface area contributed by atoms with Gasteiger partial charge in [0.25, 0.3) is 5.69 Å². The predicted octanol–water partition coefficient (Wildman–Crippen LogP) is 1.51. The van der Waals surface area contributed by atoms with Crippen molar-refractivity contribution in [1.29, 1.82) is 5.26 Å². The van der Waals surface area contributed by atoms with Crippen molar-refractivity contribution in [1.82, 2.24) is 0 Å². The van der Waals surface area contributed by atoms with Crippen molar-refractivity contribution in [3.05, 3.63) is 33.9 Å². The zero-order chi connectivity index (χ0) is 9.84. The van der Waals surface area contributed by atoms with Gasteiger partial charge in [-0.25, -0.2) is 0 Å². The summed E-state index contributed by atoms with van der Waals surface area (Å²) in [6, 6.07) is 6.24. The molecule has 1 aromatic rings. The van der Waals surface area contributed by atoms with Gasteiger partial charge in [-0.2, -0.15) is 5.26 Å². The molecule has 0 aliphatic heterocycles. The van der Waals surface area contributed by atoms with Crippen LogP contribution in [0.15, 0.2) is 18.2 Å². The van der Waals surface area contributed by atoms with Gasteiger partial charge < -0.3 is 5.32 Å². The molecule has 5 nitrogen and oxygen atoms in total. The topological polar surface area (TPSA) is 79.0 Å². The highest BCUT2D eigenvalue weighted by Gasteiger charge is 2.15. The Hall–Kier alpha value is -2.09. The third-order valence-corrected chi connectivity index (χ3v) is 1.61. The maximum absolute atomic E-state index is 10.5. The molecule has 0 unspecified atom stereocenters. The van der Waals surface area contributed by atoms with E-state index in [2.05, 4.69) is 5.32 Å². The molecule has 0 heterocycles. The monoisotopic (exact) mass is 177 g/mol. The van der Waals surface area contributed by atoms with Crippen molar-refractivity contribution in [3.8, 4) is 6.07 Å². The Labute approximate surface area is 74.8 Å². The SMILES string of the molecule is CNc1c(C#N)cccc1[N+](=O)[O-]. The fraction of sp³-hybridized carbons (Fsp3) is 0.125. The van der Waals surface area contributed by atoms with Gasteiger partial charge in [-0.15, -0.1) is 0 Å². The van der Waals surface area contributed by atoms with Gasteiger partial charge in [0.05, 0.1) is 10.5 Å². The summed E-state index contributed by atoms with van der Waals surface area (Å²) in [6.45, 7) is 0. The van der Waals surface area contributed by atoms with E-state index in [9.17, 15) is 10.1 Å². The van der Waals surface area contributed by atoms with Crippen molar-refractivity contribution in [2.75, 3.05) is 12.4 Å². The van der Waals surface area contributed by atoms with Gasteiger partial charge in [-0.05, 0) is 6.07 Å². The molecular weight excluding hydrogens is 170 g/mol. The molecule has 66 valence electrons. The molecule has 0 aliphatic rings. The van der Waals surface area contributed by atoms with Gasteiger partial charge in [-0.3, -0.25) is 10.1 Å². The van der Waals surface area contributed by atoms with E-state index in [4.69, 9.17) is 5.26 Å². The average molecular weight is 177 g/mol. The number of nitrogens with zero attached hydrogens (tertiary/aromatic N) is 2. The number of nitro groups is 1. The van der Waals surface area contributed by atoms with Crippen molar-refractivity contribution in [2.24, 2.45) is 0 Å². The number of benzene rings is 1. The summed E-state index contributed by atoms with van der Waals surface area (Å²) >= 11 is 0. The molecule has 5 heteroatoms. The Morgan fingerprint density at radius 1 is 1.62 bits per heavy atom. The van der Waals surface area contributed by atoms with Crippen LogP contribution in [0, 0.1) is 21.4 Å². The minimum Gasteiger partial charge on any atom is -0.381 e. The molecule has 1 rings (SSSR count). The first-order valence-corrected chi connectivity index (χ1v) is 3.56. The lowest BCUT2D eigenvalue weighted by atomic mass is 10.1. The molecule has 0 fully saturated rings. The number of anilines is 1. The Morgan fingerprint density at radius 3 is 2.77 bits per heavy atom. The Bertz CT molecular complexity index is 381. The standard InChI is InChI=1S/C8H7N3O2/c1-10-8-6(5-9)3-2-4-7(8)11(12)13/h2-4,10H,1H3. The highest BCUT2D eigenvalue weighted by Crippen LogP contribution is 2.26. The van der Waals surface area contributed by atoms with Gasteiger partial charge in [0, 0.05) is 13.1 Å². The van der Waals surface area contributed by atoms with Crippen LogP contribution >= 0.6 is 0 Å². The first kappa shape index (κ1) is 9.00. The molecule has 0 aromatic heterocycles. The van der Waals surface area contributed by atoms with E-state index in [-0.39, 0.29) is 16.9 Å². The van der Waals surface area contributed by atoms with E-state index in [1.807, 2.05) is 6.07 Å². The van der Waals surface area contributed by atoms with Crippen LogP contribution in [-0.2, 0) is 0 Å². The molecule has 0 radical (unpaired) electrons. The van der Waals surface area contributed by atoms with E-state index >= 15 is 0 Å². The van der Waals surface area contributed by atoms with Crippen LogP contribution in [0.1, 0.15) is 5.56 Å². The zero-order valence-electron chi connectivity index (χ0n) is 6.94. The second-order valence-electron chi connectivity index (χ2n) is 2.32. The lowest BCUT2D eigenvalue weighted by molar-refractivity contribution is -0.384. The molecule has 0 aliphatic carbocycles. The number of rotatable bonds is 2. The second-order valence-corrected chi connectivity index (χ2v) is 2.32. The maximum atomic E-state index is 10.5. The van der Waals surface area contributed by atoms with Crippen molar-refractivity contribution < 1.29 is 4.92 Å². The molecule has 1 N–H and O–H groups in total. The smallest absolute Gasteiger partial charge is 0.293 e. The summed E-state index contributed by atoms with van der Waals surface area (Å²) in [7, 11) is 1.54. The maximum Gasteiger partial charge on any atom is 0.293 e. The average Bonchev–Trinajstić information content (AvgIpc) is 2.16. The van der Waals surface area contributed by atoms with Crippen molar-refractivity contribution in [2.45, 2.75) is 0 Å². The van der Waals surface area contributed by atoms with Crippen LogP contribution < -0.4 is 5.32 Å². The van der Waals surface area contributed by atoms with E-state index in [0.29, 0.717) is 0 Å². The first-order chi connectivity index (χ1) is 6.20. The summed E-state index contributed by atoms with van der Waals surface area (Å²) in [5.41, 5.74) is 0.452. The number of nitro benzene ring substituents is 1. The number of hydrogen-bond donors (Lipinski definition) is 1. The number of nitrogens with one attached hydrogen (secondary N) is 1. The molecule has 0 atom stereocenters. The van der Waals surface area contributed by atoms with Crippen LogP contribution in [-0.4, -0.2) is 12.0 Å². The fourth-order valence-corrected chi connectivity index (χ4v) is 1.05. The summed E-state index contributed by atoms with van der Waals surface area (Å²) in [6.07, 6.45) is 0. The van der Waals surface area contributed by atoms with Gasteiger partial charge in [0.15, 0.2) is 0 Å². The summed E-state index contributed by atoms with van der Waals surface area (Å²) < 4.78 is 0. The minimum absolute atomic E-state index is 0.0819. The molecular formula is C8H7N3O2. The summed E-state index contributed by atoms with van der Waals surface area (Å²) in [5.74, 6) is 0. The Balaban J connectivity index is 3.38. The Kier molecular flexibility index (Phi) is 2.45. The predicted molar refractivity (Wildman–Crippen MR) is 47.4 cm³/mol. The van der Waals surface area contributed by atoms with E-state index in [1.165, 1.54) is 18.2 Å². The molecule has 13 heavy (non-hydrogen) atoms. The van der Waals surface area contributed by atoms with Crippen LogP contribution in [0.3, 0.4) is 0 Å². The minimum atomic E-state index is -0.521. The summed E-state index contributed by atoms with van der Waals surface area (Å²) in [5, 5.41) is 21.8.